The summed E-state index contributed by atoms with van der Waals surface area (Å²) in [5.41, 5.74) is 6.80. The molecule has 3 aromatic carbocycles. The molecule has 5 rings (SSSR count). The van der Waals surface area contributed by atoms with Gasteiger partial charge in [0.15, 0.2) is 11.5 Å². The molecule has 0 radical (unpaired) electrons. The third kappa shape index (κ3) is 4.76. The first-order valence-corrected chi connectivity index (χ1v) is 12.4. The number of hydrogen-bond donors (Lipinski definition) is 0. The van der Waals surface area contributed by atoms with Gasteiger partial charge in [0.05, 0.1) is 0 Å². The number of rotatable bonds is 6. The Hall–Kier alpha value is -2.49. The zero-order chi connectivity index (χ0) is 22.9. The summed E-state index contributed by atoms with van der Waals surface area (Å²) >= 11 is 6.14. The maximum Gasteiger partial charge on any atom is 0.231 e. The fourth-order valence-electron chi connectivity index (χ4n) is 5.29. The third-order valence-corrected chi connectivity index (χ3v) is 7.19. The lowest BCUT2D eigenvalue weighted by Gasteiger charge is -2.41. The minimum absolute atomic E-state index is 0.259. The van der Waals surface area contributed by atoms with Crippen LogP contribution in [0.5, 0.6) is 11.5 Å². The SMILES string of the molecule is CC(C)Cc1ccc([C@H](C)[C@H]2c3cc4c(cc3CCN2Cc2ccc(Cl)cc2)OCO4)cc1. The van der Waals surface area contributed by atoms with Crippen LogP contribution in [0.1, 0.15) is 60.5 Å². The third-order valence-electron chi connectivity index (χ3n) is 6.94. The van der Waals surface area contributed by atoms with Crippen LogP contribution in [0.2, 0.25) is 5.02 Å². The zero-order valence-electron chi connectivity index (χ0n) is 19.7. The second-order valence-electron chi connectivity index (χ2n) is 9.82. The number of nitrogens with zero attached hydrogens (tertiary/aromatic N) is 1. The van der Waals surface area contributed by atoms with Gasteiger partial charge in [0.25, 0.3) is 0 Å². The lowest BCUT2D eigenvalue weighted by atomic mass is 9.81. The van der Waals surface area contributed by atoms with Gasteiger partial charge in [0.1, 0.15) is 0 Å². The van der Waals surface area contributed by atoms with Gasteiger partial charge in [-0.25, -0.2) is 0 Å². The molecule has 0 aromatic heterocycles. The van der Waals surface area contributed by atoms with E-state index in [2.05, 4.69) is 74.2 Å². The van der Waals surface area contributed by atoms with Crippen molar-refractivity contribution in [2.24, 2.45) is 5.92 Å². The van der Waals surface area contributed by atoms with E-state index in [-0.39, 0.29) is 6.04 Å². The molecular weight excluding hydrogens is 430 g/mol. The molecule has 0 aliphatic carbocycles. The molecule has 0 saturated carbocycles. The van der Waals surface area contributed by atoms with Crippen LogP contribution in [0.25, 0.3) is 0 Å². The molecule has 0 unspecified atom stereocenters. The van der Waals surface area contributed by atoms with Crippen molar-refractivity contribution in [2.45, 2.75) is 52.1 Å². The molecule has 2 aliphatic rings. The lowest BCUT2D eigenvalue weighted by Crippen LogP contribution is -2.37. The fraction of sp³-hybridized carbons (Fsp3) is 0.379. The van der Waals surface area contributed by atoms with Crippen LogP contribution in [0.3, 0.4) is 0 Å². The van der Waals surface area contributed by atoms with Crippen molar-refractivity contribution in [1.29, 1.82) is 0 Å². The smallest absolute Gasteiger partial charge is 0.231 e. The molecule has 4 heteroatoms. The molecule has 3 aromatic rings. The number of hydrogen-bond acceptors (Lipinski definition) is 3. The van der Waals surface area contributed by atoms with E-state index in [1.807, 2.05) is 12.1 Å². The molecule has 3 nitrogen and oxygen atoms in total. The minimum atomic E-state index is 0.259. The average molecular weight is 462 g/mol. The maximum absolute atomic E-state index is 6.14. The quantitative estimate of drug-likeness (QED) is 0.388. The summed E-state index contributed by atoms with van der Waals surface area (Å²) in [5, 5.41) is 0.779. The van der Waals surface area contributed by atoms with Crippen molar-refractivity contribution >= 4 is 11.6 Å². The van der Waals surface area contributed by atoms with Crippen molar-refractivity contribution in [3.05, 3.63) is 93.5 Å². The van der Waals surface area contributed by atoms with Crippen molar-refractivity contribution in [1.82, 2.24) is 4.90 Å². The largest absolute Gasteiger partial charge is 0.454 e. The highest BCUT2D eigenvalue weighted by Gasteiger charge is 2.34. The topological polar surface area (TPSA) is 21.7 Å². The standard InChI is InChI=1S/C29H32ClNO2/c1-19(2)14-21-4-8-23(9-5-21)20(3)29-26-16-28-27(32-18-33-28)15-24(26)12-13-31(29)17-22-6-10-25(30)11-7-22/h4-11,15-16,19-20,29H,12-14,17-18H2,1-3H3/t20-,29-/m0/s1. The Morgan fingerprint density at radius 2 is 1.58 bits per heavy atom. The van der Waals surface area contributed by atoms with Gasteiger partial charge in [-0.05, 0) is 70.8 Å². The highest BCUT2D eigenvalue weighted by atomic mass is 35.5. The summed E-state index contributed by atoms with van der Waals surface area (Å²) in [6, 6.07) is 22.2. The van der Waals surface area contributed by atoms with Crippen LogP contribution in [0.4, 0.5) is 0 Å². The molecule has 172 valence electrons. The summed E-state index contributed by atoms with van der Waals surface area (Å²) < 4.78 is 11.4. The highest BCUT2D eigenvalue weighted by Crippen LogP contribution is 2.45. The summed E-state index contributed by atoms with van der Waals surface area (Å²) in [5.74, 6) is 2.75. The van der Waals surface area contributed by atoms with Gasteiger partial charge in [-0.3, -0.25) is 4.90 Å². The Bertz CT molecular complexity index is 1110. The Morgan fingerprint density at radius 3 is 2.27 bits per heavy atom. The van der Waals surface area contributed by atoms with Crippen LogP contribution in [-0.4, -0.2) is 18.2 Å². The zero-order valence-corrected chi connectivity index (χ0v) is 20.4. The van der Waals surface area contributed by atoms with E-state index in [1.54, 1.807) is 0 Å². The number of fused-ring (bicyclic) bond motifs is 2. The van der Waals surface area contributed by atoms with Crippen molar-refractivity contribution < 1.29 is 9.47 Å². The van der Waals surface area contributed by atoms with E-state index in [1.165, 1.54) is 27.8 Å². The first-order chi connectivity index (χ1) is 16.0. The van der Waals surface area contributed by atoms with Gasteiger partial charge in [-0.15, -0.1) is 0 Å². The minimum Gasteiger partial charge on any atom is -0.454 e. The highest BCUT2D eigenvalue weighted by molar-refractivity contribution is 6.30. The Kier molecular flexibility index (Phi) is 6.36. The molecule has 2 aliphatic heterocycles. The second-order valence-corrected chi connectivity index (χ2v) is 10.3. The van der Waals surface area contributed by atoms with Gasteiger partial charge < -0.3 is 9.47 Å². The monoisotopic (exact) mass is 461 g/mol. The van der Waals surface area contributed by atoms with Crippen LogP contribution in [0, 0.1) is 5.92 Å². The maximum atomic E-state index is 6.14. The van der Waals surface area contributed by atoms with E-state index in [9.17, 15) is 0 Å². The molecule has 0 bridgehead atoms. The van der Waals surface area contributed by atoms with E-state index in [0.717, 1.165) is 42.5 Å². The van der Waals surface area contributed by atoms with E-state index in [0.29, 0.717) is 18.6 Å². The van der Waals surface area contributed by atoms with Gasteiger partial charge in [0, 0.05) is 30.1 Å². The van der Waals surface area contributed by atoms with Crippen LogP contribution in [0.15, 0.2) is 60.7 Å². The van der Waals surface area contributed by atoms with Crippen molar-refractivity contribution in [2.75, 3.05) is 13.3 Å². The lowest BCUT2D eigenvalue weighted by molar-refractivity contribution is 0.154. The number of benzene rings is 3. The molecule has 0 N–H and O–H groups in total. The molecule has 0 amide bonds. The van der Waals surface area contributed by atoms with Gasteiger partial charge in [-0.1, -0.05) is 68.8 Å². The van der Waals surface area contributed by atoms with Crippen LogP contribution < -0.4 is 9.47 Å². The fourth-order valence-corrected chi connectivity index (χ4v) is 5.42. The average Bonchev–Trinajstić information content (AvgIpc) is 3.26. The molecule has 2 heterocycles. The predicted octanol–water partition coefficient (Wildman–Crippen LogP) is 7.17. The van der Waals surface area contributed by atoms with E-state index in [4.69, 9.17) is 21.1 Å². The Labute approximate surface area is 202 Å². The summed E-state index contributed by atoms with van der Waals surface area (Å²) in [7, 11) is 0. The Morgan fingerprint density at radius 1 is 0.909 bits per heavy atom. The molecule has 33 heavy (non-hydrogen) atoms. The molecular formula is C29H32ClNO2. The van der Waals surface area contributed by atoms with Gasteiger partial charge >= 0.3 is 0 Å². The normalized spacial score (nSPS) is 18.4. The van der Waals surface area contributed by atoms with E-state index >= 15 is 0 Å². The number of halogens is 1. The summed E-state index contributed by atoms with van der Waals surface area (Å²) in [6.45, 7) is 9.12. The molecule has 0 spiro atoms. The number of ether oxygens (including phenoxy) is 2. The summed E-state index contributed by atoms with van der Waals surface area (Å²) in [6.07, 6.45) is 2.13. The predicted molar refractivity (Wildman–Crippen MR) is 134 cm³/mol. The van der Waals surface area contributed by atoms with Crippen LogP contribution in [-0.2, 0) is 19.4 Å². The van der Waals surface area contributed by atoms with Crippen molar-refractivity contribution in [3.8, 4) is 11.5 Å². The molecule has 2 atom stereocenters. The van der Waals surface area contributed by atoms with E-state index < -0.39 is 0 Å². The summed E-state index contributed by atoms with van der Waals surface area (Å²) in [4.78, 5) is 2.61. The Balaban J connectivity index is 1.49. The molecule has 0 fully saturated rings. The van der Waals surface area contributed by atoms with Gasteiger partial charge in [0.2, 0.25) is 6.79 Å². The molecule has 0 saturated heterocycles. The first-order valence-electron chi connectivity index (χ1n) is 12.0. The first kappa shape index (κ1) is 22.3. The second kappa shape index (κ2) is 9.40. The van der Waals surface area contributed by atoms with Crippen LogP contribution >= 0.6 is 11.6 Å². The van der Waals surface area contributed by atoms with Gasteiger partial charge in [-0.2, -0.15) is 0 Å². The van der Waals surface area contributed by atoms with Crippen molar-refractivity contribution in [3.63, 3.8) is 0 Å².